The van der Waals surface area contributed by atoms with Gasteiger partial charge in [-0.15, -0.1) is 0 Å². The van der Waals surface area contributed by atoms with Crippen molar-refractivity contribution in [2.45, 2.75) is 264 Å². The first-order chi connectivity index (χ1) is 33.5. The summed E-state index contributed by atoms with van der Waals surface area (Å²) >= 11 is 0. The van der Waals surface area contributed by atoms with Gasteiger partial charge in [0.15, 0.2) is 6.10 Å². The van der Waals surface area contributed by atoms with E-state index in [1.807, 2.05) is 0 Å². The van der Waals surface area contributed by atoms with Gasteiger partial charge >= 0.3 is 17.9 Å². The first kappa shape index (κ1) is 64.3. The molecule has 6 heteroatoms. The molecule has 0 bridgehead atoms. The van der Waals surface area contributed by atoms with Gasteiger partial charge in [-0.1, -0.05) is 240 Å². The molecule has 68 heavy (non-hydrogen) atoms. The van der Waals surface area contributed by atoms with Gasteiger partial charge in [-0.05, 0) is 96.3 Å². The third kappa shape index (κ3) is 53.3. The fourth-order valence-corrected chi connectivity index (χ4v) is 7.60. The number of allylic oxidation sites excluding steroid dienone is 16. The molecule has 0 rings (SSSR count). The fourth-order valence-electron chi connectivity index (χ4n) is 7.60. The molecular weight excluding hydrogens is 841 g/mol. The predicted octanol–water partition coefficient (Wildman–Crippen LogP) is 18.9. The van der Waals surface area contributed by atoms with Crippen LogP contribution in [0.5, 0.6) is 0 Å². The summed E-state index contributed by atoms with van der Waals surface area (Å²) in [6, 6.07) is 0. The van der Waals surface area contributed by atoms with Crippen molar-refractivity contribution in [2.24, 2.45) is 0 Å². The minimum Gasteiger partial charge on any atom is -0.462 e. The molecule has 6 nitrogen and oxygen atoms in total. The van der Waals surface area contributed by atoms with Gasteiger partial charge in [-0.3, -0.25) is 14.4 Å². The molecular formula is C62H104O6. The standard InChI is InChI=1S/C62H104O6/c1-4-7-10-13-16-19-22-24-26-28-29-30-31-32-33-35-36-38-40-43-46-49-52-55-61(64)67-58-59(57-66-60(63)54-51-48-45-42-21-18-15-12-9-6-3)68-62(65)56-53-50-47-44-41-39-37-34-27-25-23-20-17-14-11-8-5-2/h8,11,17,20,22,24-25,27-29,31-32,37,39,44,47,59H,4-7,9-10,12-16,18-19,21,23,26,30,33-36,38,40-43,45-46,48-58H2,1-3H3/b11-8-,20-17-,24-22-,27-25-,29-28-,32-31-,39-37-,47-44-. The smallest absolute Gasteiger partial charge is 0.306 e. The molecule has 1 unspecified atom stereocenters. The molecule has 0 amide bonds. The zero-order valence-corrected chi connectivity index (χ0v) is 44.3. The van der Waals surface area contributed by atoms with E-state index >= 15 is 0 Å². The van der Waals surface area contributed by atoms with Crippen molar-refractivity contribution in [3.8, 4) is 0 Å². The van der Waals surface area contributed by atoms with Crippen molar-refractivity contribution in [1.82, 2.24) is 0 Å². The molecule has 0 aliphatic rings. The summed E-state index contributed by atoms with van der Waals surface area (Å²) in [6.07, 6.45) is 74.1. The maximum Gasteiger partial charge on any atom is 0.306 e. The average Bonchev–Trinajstić information content (AvgIpc) is 3.34. The van der Waals surface area contributed by atoms with Crippen LogP contribution in [0.3, 0.4) is 0 Å². The zero-order chi connectivity index (χ0) is 49.3. The topological polar surface area (TPSA) is 78.9 Å². The van der Waals surface area contributed by atoms with Crippen molar-refractivity contribution in [1.29, 1.82) is 0 Å². The van der Waals surface area contributed by atoms with E-state index in [4.69, 9.17) is 14.2 Å². The number of rotatable bonds is 50. The van der Waals surface area contributed by atoms with E-state index in [0.29, 0.717) is 19.3 Å². The molecule has 1 atom stereocenters. The van der Waals surface area contributed by atoms with Gasteiger partial charge in [0.05, 0.1) is 0 Å². The summed E-state index contributed by atoms with van der Waals surface area (Å²) in [7, 11) is 0. The largest absolute Gasteiger partial charge is 0.462 e. The Morgan fingerprint density at radius 1 is 0.309 bits per heavy atom. The fraction of sp³-hybridized carbons (Fsp3) is 0.694. The van der Waals surface area contributed by atoms with Gasteiger partial charge in [0, 0.05) is 19.3 Å². The summed E-state index contributed by atoms with van der Waals surface area (Å²) in [6.45, 7) is 6.45. The van der Waals surface area contributed by atoms with Gasteiger partial charge in [-0.25, -0.2) is 0 Å². The maximum absolute atomic E-state index is 12.8. The highest BCUT2D eigenvalue weighted by Gasteiger charge is 2.19. The van der Waals surface area contributed by atoms with Gasteiger partial charge in [0.1, 0.15) is 13.2 Å². The van der Waals surface area contributed by atoms with Crippen molar-refractivity contribution < 1.29 is 28.6 Å². The molecule has 0 aromatic rings. The lowest BCUT2D eigenvalue weighted by molar-refractivity contribution is -0.167. The average molecular weight is 946 g/mol. The van der Waals surface area contributed by atoms with Crippen LogP contribution < -0.4 is 0 Å². The second kappa shape index (κ2) is 55.9. The van der Waals surface area contributed by atoms with Crippen molar-refractivity contribution in [3.63, 3.8) is 0 Å². The van der Waals surface area contributed by atoms with Crippen LogP contribution in [0.25, 0.3) is 0 Å². The first-order valence-corrected chi connectivity index (χ1v) is 28.2. The lowest BCUT2D eigenvalue weighted by Gasteiger charge is -2.18. The molecule has 0 saturated carbocycles. The summed E-state index contributed by atoms with van der Waals surface area (Å²) in [4.78, 5) is 38.0. The number of esters is 3. The van der Waals surface area contributed by atoms with Crippen LogP contribution in [0.15, 0.2) is 97.2 Å². The Balaban J connectivity index is 4.39. The van der Waals surface area contributed by atoms with E-state index in [0.717, 1.165) is 96.3 Å². The van der Waals surface area contributed by atoms with Gasteiger partial charge < -0.3 is 14.2 Å². The molecule has 0 aliphatic heterocycles. The van der Waals surface area contributed by atoms with E-state index in [1.54, 1.807) is 0 Å². The Morgan fingerprint density at radius 3 is 0.941 bits per heavy atom. The number of carbonyl (C=O) groups excluding carboxylic acids is 3. The number of unbranched alkanes of at least 4 members (excludes halogenated alkanes) is 23. The van der Waals surface area contributed by atoms with Crippen LogP contribution >= 0.6 is 0 Å². The lowest BCUT2D eigenvalue weighted by atomic mass is 10.1. The summed E-state index contributed by atoms with van der Waals surface area (Å²) in [5.41, 5.74) is 0. The van der Waals surface area contributed by atoms with Gasteiger partial charge in [0.25, 0.3) is 0 Å². The molecule has 388 valence electrons. The molecule has 0 aliphatic carbocycles. The Hall–Kier alpha value is -3.67. The van der Waals surface area contributed by atoms with Crippen LogP contribution in [0.2, 0.25) is 0 Å². The highest BCUT2D eigenvalue weighted by Crippen LogP contribution is 2.14. The van der Waals surface area contributed by atoms with Gasteiger partial charge in [-0.2, -0.15) is 0 Å². The molecule has 0 radical (unpaired) electrons. The van der Waals surface area contributed by atoms with E-state index < -0.39 is 6.10 Å². The third-order valence-corrected chi connectivity index (χ3v) is 11.8. The maximum atomic E-state index is 12.8. The quantitative estimate of drug-likeness (QED) is 0.0262. The van der Waals surface area contributed by atoms with Gasteiger partial charge in [0.2, 0.25) is 0 Å². The first-order valence-electron chi connectivity index (χ1n) is 28.2. The summed E-state index contributed by atoms with van der Waals surface area (Å²) in [5, 5.41) is 0. The van der Waals surface area contributed by atoms with E-state index in [9.17, 15) is 14.4 Å². The Labute approximate surface area is 419 Å². The summed E-state index contributed by atoms with van der Waals surface area (Å²) in [5.74, 6) is -0.969. The predicted molar refractivity (Wildman–Crippen MR) is 293 cm³/mol. The normalized spacial score (nSPS) is 12.8. The summed E-state index contributed by atoms with van der Waals surface area (Å²) < 4.78 is 16.8. The number of carbonyl (C=O) groups is 3. The van der Waals surface area contributed by atoms with Crippen LogP contribution in [0, 0.1) is 0 Å². The Bertz CT molecular complexity index is 1360. The number of hydrogen-bond acceptors (Lipinski definition) is 6. The SMILES string of the molecule is CC/C=C\C/C=C\C/C=C\C/C=C\C/C=C\CCCC(=O)OC(COC(=O)CCCCCCCCCC/C=C\C/C=C\C/C=C\CCCCCCC)COC(=O)CCCCCCCCCCCC. The molecule has 0 heterocycles. The van der Waals surface area contributed by atoms with E-state index in [2.05, 4.69) is 118 Å². The molecule has 0 aromatic carbocycles. The van der Waals surface area contributed by atoms with Crippen LogP contribution in [-0.4, -0.2) is 37.2 Å². The minimum atomic E-state index is -0.809. The second-order valence-corrected chi connectivity index (χ2v) is 18.5. The van der Waals surface area contributed by atoms with Crippen molar-refractivity contribution >= 4 is 17.9 Å². The molecule has 0 fully saturated rings. The van der Waals surface area contributed by atoms with Crippen LogP contribution in [0.4, 0.5) is 0 Å². The number of ether oxygens (including phenoxy) is 3. The molecule has 0 spiro atoms. The molecule has 0 N–H and O–H groups in total. The second-order valence-electron chi connectivity index (χ2n) is 18.5. The highest BCUT2D eigenvalue weighted by atomic mass is 16.6. The van der Waals surface area contributed by atoms with E-state index in [-0.39, 0.29) is 37.5 Å². The molecule has 0 aromatic heterocycles. The lowest BCUT2D eigenvalue weighted by Crippen LogP contribution is -2.30. The number of hydrogen-bond donors (Lipinski definition) is 0. The van der Waals surface area contributed by atoms with Crippen LogP contribution in [0.1, 0.15) is 258 Å². The van der Waals surface area contributed by atoms with Crippen molar-refractivity contribution in [2.75, 3.05) is 13.2 Å². The van der Waals surface area contributed by atoms with E-state index in [1.165, 1.54) is 116 Å². The minimum absolute atomic E-state index is 0.102. The molecule has 0 saturated heterocycles. The Morgan fingerprint density at radius 2 is 0.588 bits per heavy atom. The Kier molecular flexibility index (Phi) is 52.9. The monoisotopic (exact) mass is 945 g/mol. The zero-order valence-electron chi connectivity index (χ0n) is 44.3. The van der Waals surface area contributed by atoms with Crippen LogP contribution in [-0.2, 0) is 28.6 Å². The highest BCUT2D eigenvalue weighted by molar-refractivity contribution is 5.71. The third-order valence-electron chi connectivity index (χ3n) is 11.8. The van der Waals surface area contributed by atoms with Crippen molar-refractivity contribution in [3.05, 3.63) is 97.2 Å².